The molecule has 1 fully saturated rings. The molecule has 1 unspecified atom stereocenters. The normalized spacial score (nSPS) is 18.9. The lowest BCUT2D eigenvalue weighted by atomic mass is 10.1. The van der Waals surface area contributed by atoms with E-state index in [1.165, 1.54) is 6.07 Å². The van der Waals surface area contributed by atoms with Crippen LogP contribution in [0.2, 0.25) is 0 Å². The average molecular weight is 255 g/mol. The number of hydrogen-bond acceptors (Lipinski definition) is 3. The van der Waals surface area contributed by atoms with Crippen LogP contribution in [0, 0.1) is 11.6 Å². The summed E-state index contributed by atoms with van der Waals surface area (Å²) in [6.07, 6.45) is 2.15. The number of hydrogen-bond donors (Lipinski definition) is 1. The zero-order valence-corrected chi connectivity index (χ0v) is 9.92. The van der Waals surface area contributed by atoms with Gasteiger partial charge in [-0.25, -0.2) is 8.78 Å². The molecule has 1 aromatic rings. The largest absolute Gasteiger partial charge is 0.493 e. The van der Waals surface area contributed by atoms with E-state index >= 15 is 0 Å². The Morgan fingerprint density at radius 3 is 2.89 bits per heavy atom. The third-order valence-corrected chi connectivity index (χ3v) is 2.96. The van der Waals surface area contributed by atoms with Crippen LogP contribution < -0.4 is 10.1 Å². The smallest absolute Gasteiger partial charge is 0.162 e. The Hall–Kier alpha value is -1.49. The molecule has 0 bridgehead atoms. The van der Waals surface area contributed by atoms with Gasteiger partial charge in [-0.3, -0.25) is 4.79 Å². The van der Waals surface area contributed by atoms with Crippen LogP contribution in [0.3, 0.4) is 0 Å². The highest BCUT2D eigenvalue weighted by Crippen LogP contribution is 2.16. The van der Waals surface area contributed by atoms with Gasteiger partial charge >= 0.3 is 0 Å². The van der Waals surface area contributed by atoms with Crippen LogP contribution in [0.15, 0.2) is 18.2 Å². The second-order valence-corrected chi connectivity index (χ2v) is 4.29. The predicted octanol–water partition coefficient (Wildman–Crippen LogP) is 2.05. The quantitative estimate of drug-likeness (QED) is 0.875. The zero-order valence-electron chi connectivity index (χ0n) is 9.92. The van der Waals surface area contributed by atoms with Gasteiger partial charge in [-0.2, -0.15) is 0 Å². The van der Waals surface area contributed by atoms with Gasteiger partial charge in [0.05, 0.1) is 12.6 Å². The summed E-state index contributed by atoms with van der Waals surface area (Å²) in [6.45, 7) is 1.06. The van der Waals surface area contributed by atoms with Gasteiger partial charge in [0.25, 0.3) is 0 Å². The first-order chi connectivity index (χ1) is 8.66. The Balaban J connectivity index is 1.77. The first-order valence-corrected chi connectivity index (χ1v) is 6.01. The molecule has 0 spiro atoms. The molecule has 1 saturated heterocycles. The minimum absolute atomic E-state index is 0.0708. The third kappa shape index (κ3) is 3.26. The van der Waals surface area contributed by atoms with Crippen LogP contribution >= 0.6 is 0 Å². The summed E-state index contributed by atoms with van der Waals surface area (Å²) < 4.78 is 30.8. The summed E-state index contributed by atoms with van der Waals surface area (Å²) in [5.41, 5.74) is 0. The minimum Gasteiger partial charge on any atom is -0.493 e. The van der Waals surface area contributed by atoms with Gasteiger partial charge in [0.1, 0.15) is 5.75 Å². The number of benzene rings is 1. The summed E-state index contributed by atoms with van der Waals surface area (Å²) in [5.74, 6) is -1.51. The van der Waals surface area contributed by atoms with Crippen molar-refractivity contribution < 1.29 is 18.3 Å². The molecule has 1 N–H and O–H groups in total. The molecule has 5 heteroatoms. The molecule has 1 aromatic carbocycles. The van der Waals surface area contributed by atoms with Crippen molar-refractivity contribution in [3.05, 3.63) is 29.8 Å². The van der Waals surface area contributed by atoms with Crippen LogP contribution in [0.4, 0.5) is 8.78 Å². The number of nitrogens with one attached hydrogen (secondary N) is 1. The van der Waals surface area contributed by atoms with Crippen molar-refractivity contribution in [2.45, 2.75) is 25.3 Å². The molecule has 98 valence electrons. The fraction of sp³-hybridized carbons (Fsp3) is 0.462. The van der Waals surface area contributed by atoms with Crippen molar-refractivity contribution >= 4 is 5.78 Å². The number of Topliss-reactive ketones (excluding diaryl/α,β-unsaturated/α-hetero) is 1. The van der Waals surface area contributed by atoms with E-state index in [1.807, 2.05) is 0 Å². The molecule has 1 atom stereocenters. The van der Waals surface area contributed by atoms with Crippen molar-refractivity contribution in [1.29, 1.82) is 0 Å². The van der Waals surface area contributed by atoms with Gasteiger partial charge in [-0.05, 0) is 31.5 Å². The predicted molar refractivity (Wildman–Crippen MR) is 62.5 cm³/mol. The van der Waals surface area contributed by atoms with Gasteiger partial charge < -0.3 is 10.1 Å². The lowest BCUT2D eigenvalue weighted by molar-refractivity contribution is -0.121. The first-order valence-electron chi connectivity index (χ1n) is 6.01. The summed E-state index contributed by atoms with van der Waals surface area (Å²) in [5, 5.41) is 3.11. The molecule has 0 saturated carbocycles. The number of ether oxygens (including phenoxy) is 1. The number of ketones is 1. The fourth-order valence-corrected chi connectivity index (χ4v) is 1.97. The SMILES string of the molecule is O=C(CCOc1ccc(F)c(F)c1)C1CCCN1. The topological polar surface area (TPSA) is 38.3 Å². The third-order valence-electron chi connectivity index (χ3n) is 2.96. The molecule has 18 heavy (non-hydrogen) atoms. The maximum Gasteiger partial charge on any atom is 0.162 e. The fourth-order valence-electron chi connectivity index (χ4n) is 1.97. The van der Waals surface area contributed by atoms with E-state index in [4.69, 9.17) is 4.74 Å². The van der Waals surface area contributed by atoms with E-state index in [9.17, 15) is 13.6 Å². The van der Waals surface area contributed by atoms with Crippen LogP contribution in [0.1, 0.15) is 19.3 Å². The molecule has 0 aromatic heterocycles. The molecule has 0 amide bonds. The molecule has 1 aliphatic rings. The highest BCUT2D eigenvalue weighted by atomic mass is 19.2. The maximum atomic E-state index is 12.9. The zero-order chi connectivity index (χ0) is 13.0. The molecular formula is C13H15F2NO2. The summed E-state index contributed by atoms with van der Waals surface area (Å²) in [4.78, 5) is 11.7. The Labute approximate surface area is 104 Å². The molecule has 0 radical (unpaired) electrons. The van der Waals surface area contributed by atoms with Crippen LogP contribution in [0.5, 0.6) is 5.75 Å². The van der Waals surface area contributed by atoms with Crippen molar-refractivity contribution in [3.63, 3.8) is 0 Å². The maximum absolute atomic E-state index is 12.9. The van der Waals surface area contributed by atoms with E-state index < -0.39 is 11.6 Å². The summed E-state index contributed by atoms with van der Waals surface area (Å²) in [6, 6.07) is 3.26. The summed E-state index contributed by atoms with van der Waals surface area (Å²) in [7, 11) is 0. The van der Waals surface area contributed by atoms with Gasteiger partial charge in [0.15, 0.2) is 17.4 Å². The van der Waals surface area contributed by atoms with Gasteiger partial charge in [-0.1, -0.05) is 0 Å². The molecule has 1 aliphatic heterocycles. The molecule has 3 nitrogen and oxygen atoms in total. The molecule has 1 heterocycles. The van der Waals surface area contributed by atoms with E-state index in [0.717, 1.165) is 31.5 Å². The lowest BCUT2D eigenvalue weighted by Gasteiger charge is -2.10. The first kappa shape index (κ1) is 13.0. The summed E-state index contributed by atoms with van der Waals surface area (Å²) >= 11 is 0. The standard InChI is InChI=1S/C13H15F2NO2/c14-10-4-3-9(8-11(10)15)18-7-5-13(17)12-2-1-6-16-12/h3-4,8,12,16H,1-2,5-7H2. The monoisotopic (exact) mass is 255 g/mol. The lowest BCUT2D eigenvalue weighted by Crippen LogP contribution is -2.31. The average Bonchev–Trinajstić information content (AvgIpc) is 2.87. The van der Waals surface area contributed by atoms with Gasteiger partial charge in [0, 0.05) is 12.5 Å². The van der Waals surface area contributed by atoms with Crippen molar-refractivity contribution in [3.8, 4) is 5.75 Å². The number of rotatable bonds is 5. The van der Waals surface area contributed by atoms with Crippen LogP contribution in [-0.2, 0) is 4.79 Å². The van der Waals surface area contributed by atoms with E-state index in [2.05, 4.69) is 5.32 Å². The van der Waals surface area contributed by atoms with E-state index in [0.29, 0.717) is 0 Å². The second kappa shape index (κ2) is 5.91. The number of carbonyl (C=O) groups is 1. The highest BCUT2D eigenvalue weighted by molar-refractivity contribution is 5.84. The van der Waals surface area contributed by atoms with E-state index in [1.54, 1.807) is 0 Å². The van der Waals surface area contributed by atoms with Crippen molar-refractivity contribution in [2.24, 2.45) is 0 Å². The van der Waals surface area contributed by atoms with Crippen LogP contribution in [-0.4, -0.2) is 25.0 Å². The Morgan fingerprint density at radius 1 is 1.39 bits per heavy atom. The van der Waals surface area contributed by atoms with Gasteiger partial charge in [-0.15, -0.1) is 0 Å². The Bertz CT molecular complexity index is 431. The number of halogens is 2. The molecule has 0 aliphatic carbocycles. The second-order valence-electron chi connectivity index (χ2n) is 4.29. The Kier molecular flexibility index (Phi) is 4.25. The highest BCUT2D eigenvalue weighted by Gasteiger charge is 2.21. The van der Waals surface area contributed by atoms with Crippen molar-refractivity contribution in [1.82, 2.24) is 5.32 Å². The van der Waals surface area contributed by atoms with Crippen molar-refractivity contribution in [2.75, 3.05) is 13.2 Å². The van der Waals surface area contributed by atoms with E-state index in [-0.39, 0.29) is 30.6 Å². The number of carbonyl (C=O) groups excluding carboxylic acids is 1. The Morgan fingerprint density at radius 2 is 2.22 bits per heavy atom. The molecule has 2 rings (SSSR count). The van der Waals surface area contributed by atoms with Gasteiger partial charge in [0.2, 0.25) is 0 Å². The molecular weight excluding hydrogens is 240 g/mol. The van der Waals surface area contributed by atoms with Crippen LogP contribution in [0.25, 0.3) is 0 Å². The minimum atomic E-state index is -0.948.